The quantitative estimate of drug-likeness (QED) is 0.690. The number of thioether (sulfide) groups is 1. The van der Waals surface area contributed by atoms with E-state index < -0.39 is 0 Å². The van der Waals surface area contributed by atoms with Crippen LogP contribution < -0.4 is 5.32 Å². The van der Waals surface area contributed by atoms with Gasteiger partial charge in [0.25, 0.3) is 0 Å². The van der Waals surface area contributed by atoms with E-state index >= 15 is 0 Å². The highest BCUT2D eigenvalue weighted by molar-refractivity contribution is 7.99. The van der Waals surface area contributed by atoms with Gasteiger partial charge in [0.05, 0.1) is 6.61 Å². The Hall–Kier alpha value is -0.220. The lowest BCUT2D eigenvalue weighted by atomic mass is 10.1. The molecule has 0 aliphatic heterocycles. The first kappa shape index (κ1) is 15.8. The number of hydrogen-bond acceptors (Lipinski definition) is 4. The average molecular weight is 273 g/mol. The Morgan fingerprint density at radius 3 is 2.78 bits per heavy atom. The zero-order valence-electron chi connectivity index (χ0n) is 11.9. The normalized spacial score (nSPS) is 25.1. The summed E-state index contributed by atoms with van der Waals surface area (Å²) < 4.78 is 5.15. The van der Waals surface area contributed by atoms with E-state index in [4.69, 9.17) is 4.74 Å². The van der Waals surface area contributed by atoms with Crippen LogP contribution in [-0.4, -0.2) is 35.7 Å². The molecule has 0 bridgehead atoms. The zero-order valence-corrected chi connectivity index (χ0v) is 12.7. The molecule has 1 saturated carbocycles. The summed E-state index contributed by atoms with van der Waals surface area (Å²) in [6.07, 6.45) is 5.62. The van der Waals surface area contributed by atoms with E-state index in [-0.39, 0.29) is 12.0 Å². The van der Waals surface area contributed by atoms with Gasteiger partial charge < -0.3 is 10.1 Å². The van der Waals surface area contributed by atoms with Crippen molar-refractivity contribution in [1.29, 1.82) is 0 Å². The lowest BCUT2D eigenvalue weighted by molar-refractivity contribution is -0.146. The van der Waals surface area contributed by atoms with Crippen LogP contribution in [0.1, 0.15) is 52.9 Å². The maximum Gasteiger partial charge on any atom is 0.323 e. The standard InChI is InChI=1S/C14H27NO2S/c1-4-8-12(14(16)17-5-2)15-11-9-7-10-13(11)18-6-3/h11-13,15H,4-10H2,1-3H3. The van der Waals surface area contributed by atoms with Crippen LogP contribution in [0.2, 0.25) is 0 Å². The molecule has 3 nitrogen and oxygen atoms in total. The van der Waals surface area contributed by atoms with Crippen molar-refractivity contribution in [2.45, 2.75) is 70.2 Å². The molecule has 1 aliphatic rings. The smallest absolute Gasteiger partial charge is 0.323 e. The summed E-state index contributed by atoms with van der Waals surface area (Å²) in [4.78, 5) is 11.9. The van der Waals surface area contributed by atoms with E-state index in [2.05, 4.69) is 19.2 Å². The van der Waals surface area contributed by atoms with Crippen LogP contribution in [0.5, 0.6) is 0 Å². The first-order valence-electron chi connectivity index (χ1n) is 7.27. The molecule has 0 spiro atoms. The minimum atomic E-state index is -0.113. The van der Waals surface area contributed by atoms with Gasteiger partial charge in [0.1, 0.15) is 6.04 Å². The molecule has 1 N–H and O–H groups in total. The summed E-state index contributed by atoms with van der Waals surface area (Å²) in [7, 11) is 0. The molecule has 0 aromatic rings. The van der Waals surface area contributed by atoms with Gasteiger partial charge in [-0.1, -0.05) is 26.7 Å². The fourth-order valence-corrected chi connectivity index (χ4v) is 3.80. The molecule has 1 aliphatic carbocycles. The third-order valence-corrected chi connectivity index (χ3v) is 4.72. The molecule has 0 amide bonds. The second-order valence-electron chi connectivity index (χ2n) is 4.79. The summed E-state index contributed by atoms with van der Waals surface area (Å²) in [5, 5.41) is 4.21. The van der Waals surface area contributed by atoms with Crippen LogP contribution in [0.25, 0.3) is 0 Å². The summed E-state index contributed by atoms with van der Waals surface area (Å²) in [5.41, 5.74) is 0. The van der Waals surface area contributed by atoms with Crippen LogP contribution in [0, 0.1) is 0 Å². The number of carbonyl (C=O) groups is 1. The van der Waals surface area contributed by atoms with Gasteiger partial charge in [0.2, 0.25) is 0 Å². The van der Waals surface area contributed by atoms with Gasteiger partial charge >= 0.3 is 5.97 Å². The number of hydrogen-bond donors (Lipinski definition) is 1. The monoisotopic (exact) mass is 273 g/mol. The summed E-state index contributed by atoms with van der Waals surface area (Å²) in [6, 6.07) is 0.369. The first-order valence-corrected chi connectivity index (χ1v) is 8.32. The van der Waals surface area contributed by atoms with Crippen molar-refractivity contribution in [3.63, 3.8) is 0 Å². The number of nitrogens with one attached hydrogen (secondary N) is 1. The average Bonchev–Trinajstić information content (AvgIpc) is 2.77. The highest BCUT2D eigenvalue weighted by Gasteiger charge is 2.31. The summed E-state index contributed by atoms with van der Waals surface area (Å²) >= 11 is 2.02. The minimum absolute atomic E-state index is 0.0773. The molecule has 18 heavy (non-hydrogen) atoms. The van der Waals surface area contributed by atoms with Crippen molar-refractivity contribution in [2.75, 3.05) is 12.4 Å². The van der Waals surface area contributed by atoms with Gasteiger partial charge in [0, 0.05) is 11.3 Å². The maximum atomic E-state index is 11.9. The fraction of sp³-hybridized carbons (Fsp3) is 0.929. The van der Waals surface area contributed by atoms with E-state index in [1.54, 1.807) is 0 Å². The van der Waals surface area contributed by atoms with Crippen molar-refractivity contribution in [1.82, 2.24) is 5.32 Å². The van der Waals surface area contributed by atoms with E-state index in [0.717, 1.165) is 18.6 Å². The van der Waals surface area contributed by atoms with Crippen LogP contribution in [0.3, 0.4) is 0 Å². The van der Waals surface area contributed by atoms with Crippen LogP contribution >= 0.6 is 11.8 Å². The molecule has 106 valence electrons. The van der Waals surface area contributed by atoms with Gasteiger partial charge in [-0.05, 0) is 31.9 Å². The second kappa shape index (κ2) is 8.81. The molecule has 0 heterocycles. The Morgan fingerprint density at radius 1 is 1.39 bits per heavy atom. The SMILES string of the molecule is CCCC(NC1CCCC1SCC)C(=O)OCC. The molecule has 0 saturated heterocycles. The van der Waals surface area contributed by atoms with Crippen molar-refractivity contribution >= 4 is 17.7 Å². The van der Waals surface area contributed by atoms with E-state index in [9.17, 15) is 4.79 Å². The topological polar surface area (TPSA) is 38.3 Å². The van der Waals surface area contributed by atoms with E-state index in [1.807, 2.05) is 18.7 Å². The number of carbonyl (C=O) groups excluding carboxylic acids is 1. The Morgan fingerprint density at radius 2 is 2.17 bits per heavy atom. The Kier molecular flexibility index (Phi) is 7.75. The van der Waals surface area contributed by atoms with Gasteiger partial charge in [0.15, 0.2) is 0 Å². The number of rotatable bonds is 8. The van der Waals surface area contributed by atoms with Crippen molar-refractivity contribution < 1.29 is 9.53 Å². The third-order valence-electron chi connectivity index (χ3n) is 3.40. The van der Waals surface area contributed by atoms with E-state index in [0.29, 0.717) is 17.9 Å². The second-order valence-corrected chi connectivity index (χ2v) is 6.31. The first-order chi connectivity index (χ1) is 8.72. The lowest BCUT2D eigenvalue weighted by Crippen LogP contribution is -2.46. The minimum Gasteiger partial charge on any atom is -0.465 e. The Bertz CT molecular complexity index is 248. The summed E-state index contributed by atoms with van der Waals surface area (Å²) in [6.45, 7) is 6.65. The molecule has 0 aromatic carbocycles. The van der Waals surface area contributed by atoms with Crippen LogP contribution in [0.4, 0.5) is 0 Å². The Labute approximate surface area is 115 Å². The summed E-state index contributed by atoms with van der Waals surface area (Å²) in [5.74, 6) is 1.08. The zero-order chi connectivity index (χ0) is 13.4. The maximum absolute atomic E-state index is 11.9. The fourth-order valence-electron chi connectivity index (χ4n) is 2.59. The molecule has 3 atom stereocenters. The predicted molar refractivity (Wildman–Crippen MR) is 78.0 cm³/mol. The molecule has 1 rings (SSSR count). The molecule has 0 radical (unpaired) electrons. The molecule has 3 unspecified atom stereocenters. The van der Waals surface area contributed by atoms with Gasteiger partial charge in [-0.15, -0.1) is 0 Å². The Balaban J connectivity index is 2.50. The highest BCUT2D eigenvalue weighted by Crippen LogP contribution is 2.30. The van der Waals surface area contributed by atoms with Crippen LogP contribution in [-0.2, 0) is 9.53 Å². The molecule has 1 fully saturated rings. The predicted octanol–water partition coefficient (Wildman–Crippen LogP) is 2.98. The van der Waals surface area contributed by atoms with Gasteiger partial charge in [-0.25, -0.2) is 0 Å². The van der Waals surface area contributed by atoms with Crippen molar-refractivity contribution in [3.05, 3.63) is 0 Å². The van der Waals surface area contributed by atoms with Gasteiger partial charge in [-0.2, -0.15) is 11.8 Å². The molecular formula is C14H27NO2S. The van der Waals surface area contributed by atoms with Gasteiger partial charge in [-0.3, -0.25) is 4.79 Å². The number of esters is 1. The van der Waals surface area contributed by atoms with E-state index in [1.165, 1.54) is 19.3 Å². The molecular weight excluding hydrogens is 246 g/mol. The highest BCUT2D eigenvalue weighted by atomic mass is 32.2. The molecule has 4 heteroatoms. The van der Waals surface area contributed by atoms with Crippen molar-refractivity contribution in [3.8, 4) is 0 Å². The molecule has 0 aromatic heterocycles. The largest absolute Gasteiger partial charge is 0.465 e. The number of ether oxygens (including phenoxy) is 1. The lowest BCUT2D eigenvalue weighted by Gasteiger charge is -2.25. The third kappa shape index (κ3) is 4.81. The van der Waals surface area contributed by atoms with Crippen molar-refractivity contribution in [2.24, 2.45) is 0 Å². The van der Waals surface area contributed by atoms with Crippen LogP contribution in [0.15, 0.2) is 0 Å².